The number of fused-ring (bicyclic) bond motifs is 1. The number of aromatic nitrogens is 1. The van der Waals surface area contributed by atoms with Crippen molar-refractivity contribution in [2.75, 3.05) is 21.3 Å². The highest BCUT2D eigenvalue weighted by atomic mass is 32.1. The van der Waals surface area contributed by atoms with Crippen LogP contribution in [0.2, 0.25) is 0 Å². The average Bonchev–Trinajstić information content (AvgIpc) is 3.08. The molecule has 0 fully saturated rings. The van der Waals surface area contributed by atoms with Crippen LogP contribution < -0.4 is 19.0 Å². The van der Waals surface area contributed by atoms with Crippen LogP contribution in [0.25, 0.3) is 10.2 Å². The second-order valence-corrected chi connectivity index (χ2v) is 7.90. The summed E-state index contributed by atoms with van der Waals surface area (Å²) in [6, 6.07) is 9.41. The zero-order chi connectivity index (χ0) is 21.8. The zero-order valence-electron chi connectivity index (χ0n) is 17.7. The lowest BCUT2D eigenvalue weighted by atomic mass is 10.0. The Labute approximate surface area is 179 Å². The van der Waals surface area contributed by atoms with Crippen molar-refractivity contribution in [1.82, 2.24) is 4.57 Å². The summed E-state index contributed by atoms with van der Waals surface area (Å²) in [6.45, 7) is 4.61. The maximum atomic E-state index is 13.0. The molecule has 7 heteroatoms. The highest BCUT2D eigenvalue weighted by Crippen LogP contribution is 2.38. The van der Waals surface area contributed by atoms with Crippen molar-refractivity contribution in [2.24, 2.45) is 4.99 Å². The Kier molecular flexibility index (Phi) is 6.48. The number of benzene rings is 2. The van der Waals surface area contributed by atoms with E-state index in [1.807, 2.05) is 10.6 Å². The number of thiazole rings is 1. The quantitative estimate of drug-likeness (QED) is 0.556. The molecule has 156 valence electrons. The lowest BCUT2D eigenvalue weighted by Crippen LogP contribution is -2.16. The van der Waals surface area contributed by atoms with Crippen LogP contribution in [0.1, 0.15) is 35.7 Å². The van der Waals surface area contributed by atoms with Gasteiger partial charge in [0.05, 0.1) is 38.1 Å². The van der Waals surface area contributed by atoms with Gasteiger partial charge in [0.1, 0.15) is 0 Å². The molecule has 0 bridgehead atoms. The molecule has 0 unspecified atom stereocenters. The molecule has 2 aromatic carbocycles. The summed E-state index contributed by atoms with van der Waals surface area (Å²) in [4.78, 5) is 17.9. The third-order valence-electron chi connectivity index (χ3n) is 4.73. The fourth-order valence-corrected chi connectivity index (χ4v) is 4.21. The van der Waals surface area contributed by atoms with Gasteiger partial charge in [0.2, 0.25) is 5.75 Å². The first kappa shape index (κ1) is 21.5. The van der Waals surface area contributed by atoms with E-state index >= 15 is 0 Å². The second kappa shape index (κ2) is 9.06. The normalized spacial score (nSPS) is 11.6. The molecule has 1 heterocycles. The third-order valence-corrected chi connectivity index (χ3v) is 5.77. The summed E-state index contributed by atoms with van der Waals surface area (Å²) in [6.07, 6.45) is 5.57. The van der Waals surface area contributed by atoms with Crippen molar-refractivity contribution in [2.45, 2.75) is 26.3 Å². The molecule has 30 heavy (non-hydrogen) atoms. The van der Waals surface area contributed by atoms with Crippen molar-refractivity contribution in [3.8, 4) is 29.6 Å². The molecule has 1 amide bonds. The van der Waals surface area contributed by atoms with E-state index in [4.69, 9.17) is 20.6 Å². The summed E-state index contributed by atoms with van der Waals surface area (Å²) >= 11 is 1.44. The zero-order valence-corrected chi connectivity index (χ0v) is 18.5. The predicted octanol–water partition coefficient (Wildman–Crippen LogP) is 4.23. The number of rotatable bonds is 6. The van der Waals surface area contributed by atoms with E-state index in [1.165, 1.54) is 38.2 Å². The Morgan fingerprint density at radius 1 is 1.13 bits per heavy atom. The maximum absolute atomic E-state index is 13.0. The monoisotopic (exact) mass is 424 g/mol. The van der Waals surface area contributed by atoms with Gasteiger partial charge in [0.15, 0.2) is 16.3 Å². The van der Waals surface area contributed by atoms with Crippen molar-refractivity contribution >= 4 is 27.5 Å². The van der Waals surface area contributed by atoms with E-state index in [1.54, 1.807) is 12.1 Å². The molecule has 0 aliphatic heterocycles. The van der Waals surface area contributed by atoms with Crippen molar-refractivity contribution in [3.05, 3.63) is 46.3 Å². The molecule has 3 aromatic rings. The van der Waals surface area contributed by atoms with Crippen LogP contribution in [0, 0.1) is 12.3 Å². The number of methoxy groups -OCH3 is 3. The topological polar surface area (TPSA) is 62.1 Å². The Hall–Kier alpha value is -3.24. The van der Waals surface area contributed by atoms with Crippen LogP contribution in [0.5, 0.6) is 17.2 Å². The first-order valence-corrected chi connectivity index (χ1v) is 10.2. The standard InChI is InChI=1S/C23H24N2O4S/c1-7-10-25-17-9-8-15(14(2)3)13-20(17)30-23(25)24-22(26)16-11-18(27-4)21(29-6)19(12-16)28-5/h1,8-9,11-14H,10H2,2-6H3. The highest BCUT2D eigenvalue weighted by molar-refractivity contribution is 7.16. The molecule has 0 atom stereocenters. The second-order valence-electron chi connectivity index (χ2n) is 6.89. The Morgan fingerprint density at radius 3 is 2.33 bits per heavy atom. The molecule has 3 rings (SSSR count). The Bertz CT molecular complexity index is 1170. The van der Waals surface area contributed by atoms with Gasteiger partial charge in [-0.2, -0.15) is 4.99 Å². The molecular weight excluding hydrogens is 400 g/mol. The molecule has 0 aliphatic carbocycles. The number of terminal acetylenes is 1. The molecule has 0 spiro atoms. The summed E-state index contributed by atoms with van der Waals surface area (Å²) in [5, 5.41) is 0. The van der Waals surface area contributed by atoms with Crippen LogP contribution in [0.4, 0.5) is 0 Å². The lowest BCUT2D eigenvalue weighted by Gasteiger charge is -2.12. The lowest BCUT2D eigenvalue weighted by molar-refractivity contribution is 0.0997. The number of hydrogen-bond donors (Lipinski definition) is 0. The van der Waals surface area contributed by atoms with Gasteiger partial charge in [-0.05, 0) is 35.7 Å². The van der Waals surface area contributed by atoms with E-state index in [0.29, 0.717) is 40.1 Å². The molecule has 0 radical (unpaired) electrons. The maximum Gasteiger partial charge on any atom is 0.279 e. The van der Waals surface area contributed by atoms with Crippen LogP contribution in [0.3, 0.4) is 0 Å². The summed E-state index contributed by atoms with van der Waals surface area (Å²) in [5.74, 6) is 3.83. The number of amides is 1. The number of carbonyl (C=O) groups is 1. The number of carbonyl (C=O) groups excluding carboxylic acids is 1. The Morgan fingerprint density at radius 2 is 1.80 bits per heavy atom. The Balaban J connectivity index is 2.15. The SMILES string of the molecule is C#CCn1c(=NC(=O)c2cc(OC)c(OC)c(OC)c2)sc2cc(C(C)C)ccc21. The molecule has 0 saturated heterocycles. The smallest absolute Gasteiger partial charge is 0.279 e. The highest BCUT2D eigenvalue weighted by Gasteiger charge is 2.17. The number of ether oxygens (including phenoxy) is 3. The fourth-order valence-electron chi connectivity index (χ4n) is 3.13. The van der Waals surface area contributed by atoms with Gasteiger partial charge < -0.3 is 18.8 Å². The van der Waals surface area contributed by atoms with Crippen LogP contribution >= 0.6 is 11.3 Å². The molecule has 1 aromatic heterocycles. The van der Waals surface area contributed by atoms with E-state index in [0.717, 1.165) is 10.2 Å². The van der Waals surface area contributed by atoms with Gasteiger partial charge in [-0.3, -0.25) is 4.79 Å². The van der Waals surface area contributed by atoms with E-state index in [-0.39, 0.29) is 0 Å². The van der Waals surface area contributed by atoms with Crippen molar-refractivity contribution < 1.29 is 19.0 Å². The number of nitrogens with zero attached hydrogens (tertiary/aromatic N) is 2. The van der Waals surface area contributed by atoms with Gasteiger partial charge in [-0.25, -0.2) is 0 Å². The van der Waals surface area contributed by atoms with Crippen LogP contribution in [-0.4, -0.2) is 31.8 Å². The van der Waals surface area contributed by atoms with E-state index < -0.39 is 5.91 Å². The minimum atomic E-state index is -0.421. The first-order valence-electron chi connectivity index (χ1n) is 9.39. The third kappa shape index (κ3) is 4.05. The largest absolute Gasteiger partial charge is 0.493 e. The first-order chi connectivity index (χ1) is 14.4. The van der Waals surface area contributed by atoms with E-state index in [9.17, 15) is 4.79 Å². The summed E-state index contributed by atoms with van der Waals surface area (Å²) in [7, 11) is 4.52. The van der Waals surface area contributed by atoms with Crippen molar-refractivity contribution in [1.29, 1.82) is 0 Å². The average molecular weight is 425 g/mol. The van der Waals surface area contributed by atoms with Gasteiger partial charge >= 0.3 is 0 Å². The van der Waals surface area contributed by atoms with Crippen LogP contribution in [-0.2, 0) is 6.54 Å². The van der Waals surface area contributed by atoms with E-state index in [2.05, 4.69) is 36.9 Å². The molecular formula is C23H24N2O4S. The van der Waals surface area contributed by atoms with Gasteiger partial charge in [0.25, 0.3) is 5.91 Å². The van der Waals surface area contributed by atoms with Gasteiger partial charge in [-0.1, -0.05) is 37.2 Å². The molecule has 0 saturated carbocycles. The van der Waals surface area contributed by atoms with Gasteiger partial charge in [0, 0.05) is 5.56 Å². The number of hydrogen-bond acceptors (Lipinski definition) is 5. The molecule has 0 N–H and O–H groups in total. The summed E-state index contributed by atoms with van der Waals surface area (Å²) in [5.41, 5.74) is 2.51. The van der Waals surface area contributed by atoms with Crippen LogP contribution in [0.15, 0.2) is 35.3 Å². The molecule has 0 aliphatic rings. The minimum Gasteiger partial charge on any atom is -0.493 e. The van der Waals surface area contributed by atoms with Gasteiger partial charge in [-0.15, -0.1) is 6.42 Å². The van der Waals surface area contributed by atoms with Crippen molar-refractivity contribution in [3.63, 3.8) is 0 Å². The predicted molar refractivity (Wildman–Crippen MR) is 119 cm³/mol. The minimum absolute atomic E-state index is 0.322. The molecule has 6 nitrogen and oxygen atoms in total. The fraction of sp³-hybridized carbons (Fsp3) is 0.304. The summed E-state index contributed by atoms with van der Waals surface area (Å²) < 4.78 is 18.9.